The van der Waals surface area contributed by atoms with E-state index >= 15 is 0 Å². The van der Waals surface area contributed by atoms with Crippen LogP contribution in [0.25, 0.3) is 33.2 Å². The first-order chi connectivity index (χ1) is 11.1. The summed E-state index contributed by atoms with van der Waals surface area (Å²) in [4.78, 5) is 12.0. The highest BCUT2D eigenvalue weighted by molar-refractivity contribution is 6.30. The molecule has 2 heterocycles. The number of hydrogen-bond donors (Lipinski definition) is 0. The van der Waals surface area contributed by atoms with Crippen molar-refractivity contribution in [3.8, 4) is 11.3 Å². The summed E-state index contributed by atoms with van der Waals surface area (Å²) in [6, 6.07) is 17.2. The van der Waals surface area contributed by atoms with E-state index in [-0.39, 0.29) is 5.91 Å². The van der Waals surface area contributed by atoms with Crippen LogP contribution < -0.4 is 0 Å². The Hall–Kier alpha value is -2.72. The molecule has 4 aromatic rings. The average Bonchev–Trinajstić information content (AvgIpc) is 2.89. The van der Waals surface area contributed by atoms with Gasteiger partial charge in [-0.15, -0.1) is 10.2 Å². The first kappa shape index (κ1) is 13.9. The van der Waals surface area contributed by atoms with Crippen molar-refractivity contribution in [2.45, 2.75) is 6.92 Å². The predicted molar refractivity (Wildman–Crippen MR) is 91.8 cm³/mol. The maximum Gasteiger partial charge on any atom is 0.229 e. The van der Waals surface area contributed by atoms with Gasteiger partial charge < -0.3 is 0 Å². The fourth-order valence-corrected chi connectivity index (χ4v) is 2.97. The lowest BCUT2D eigenvalue weighted by Crippen LogP contribution is -2.06. The topological polar surface area (TPSA) is 47.8 Å². The monoisotopic (exact) mass is 321 g/mol. The molecule has 0 aliphatic heterocycles. The Morgan fingerprint density at radius 1 is 1.00 bits per heavy atom. The van der Waals surface area contributed by atoms with Crippen molar-refractivity contribution in [3.05, 3.63) is 59.6 Å². The second-order valence-corrected chi connectivity index (χ2v) is 5.78. The van der Waals surface area contributed by atoms with Gasteiger partial charge in [0.2, 0.25) is 5.91 Å². The minimum Gasteiger partial charge on any atom is -0.274 e. The van der Waals surface area contributed by atoms with E-state index in [1.807, 2.05) is 54.6 Å². The first-order valence-electron chi connectivity index (χ1n) is 7.19. The van der Waals surface area contributed by atoms with E-state index in [9.17, 15) is 4.79 Å². The summed E-state index contributed by atoms with van der Waals surface area (Å²) in [5.74, 6) is -0.0789. The normalized spacial score (nSPS) is 11.2. The fourth-order valence-electron chi connectivity index (χ4n) is 2.84. The Kier molecular flexibility index (Phi) is 3.13. The number of nitrogens with zero attached hydrogens (tertiary/aromatic N) is 3. The highest BCUT2D eigenvalue weighted by Gasteiger charge is 2.15. The standard InChI is InChI=1S/C18H12ClN3O/c1-11(23)22-17-5-3-2-4-14(17)15-10-16(20-21-18(15)22)12-6-8-13(19)9-7-12/h2-10H,1H3. The summed E-state index contributed by atoms with van der Waals surface area (Å²) < 4.78 is 1.60. The smallest absolute Gasteiger partial charge is 0.229 e. The quantitative estimate of drug-likeness (QED) is 0.516. The third-order valence-electron chi connectivity index (χ3n) is 3.88. The van der Waals surface area contributed by atoms with Gasteiger partial charge in [-0.3, -0.25) is 9.36 Å². The van der Waals surface area contributed by atoms with Gasteiger partial charge in [-0.25, -0.2) is 0 Å². The van der Waals surface area contributed by atoms with E-state index in [2.05, 4.69) is 10.2 Å². The molecule has 0 radical (unpaired) electrons. The van der Waals surface area contributed by atoms with Crippen LogP contribution >= 0.6 is 11.6 Å². The summed E-state index contributed by atoms with van der Waals surface area (Å²) in [5.41, 5.74) is 3.11. The van der Waals surface area contributed by atoms with Crippen LogP contribution in [0.15, 0.2) is 54.6 Å². The van der Waals surface area contributed by atoms with Crippen LogP contribution in [-0.2, 0) is 0 Å². The number of hydrogen-bond acceptors (Lipinski definition) is 3. The minimum atomic E-state index is -0.0789. The van der Waals surface area contributed by atoms with E-state index < -0.39 is 0 Å². The molecule has 0 atom stereocenters. The molecule has 0 aliphatic carbocycles. The molecule has 0 spiro atoms. The summed E-state index contributed by atoms with van der Waals surface area (Å²) in [6.07, 6.45) is 0. The molecule has 2 aromatic heterocycles. The van der Waals surface area contributed by atoms with Gasteiger partial charge >= 0.3 is 0 Å². The highest BCUT2D eigenvalue weighted by atomic mass is 35.5. The Morgan fingerprint density at radius 3 is 2.48 bits per heavy atom. The molecule has 112 valence electrons. The van der Waals surface area contributed by atoms with Gasteiger partial charge in [-0.2, -0.15) is 0 Å². The second-order valence-electron chi connectivity index (χ2n) is 5.35. The second kappa shape index (κ2) is 5.18. The SMILES string of the molecule is CC(=O)n1c2ccccc2c2cc(-c3ccc(Cl)cc3)nnc21. The van der Waals surface area contributed by atoms with E-state index in [0.29, 0.717) is 10.7 Å². The summed E-state index contributed by atoms with van der Waals surface area (Å²) in [5, 5.41) is 11.2. The maximum atomic E-state index is 12.0. The van der Waals surface area contributed by atoms with E-state index in [1.165, 1.54) is 6.92 Å². The van der Waals surface area contributed by atoms with Crippen LogP contribution in [0.4, 0.5) is 0 Å². The number of aromatic nitrogens is 3. The molecule has 0 saturated carbocycles. The molecular weight excluding hydrogens is 310 g/mol. The van der Waals surface area contributed by atoms with E-state index in [4.69, 9.17) is 11.6 Å². The van der Waals surface area contributed by atoms with Crippen molar-refractivity contribution in [2.75, 3.05) is 0 Å². The van der Waals surface area contributed by atoms with Gasteiger partial charge in [0.05, 0.1) is 11.2 Å². The van der Waals surface area contributed by atoms with Crippen LogP contribution in [0.3, 0.4) is 0 Å². The van der Waals surface area contributed by atoms with E-state index in [0.717, 1.165) is 27.5 Å². The van der Waals surface area contributed by atoms with Crippen molar-refractivity contribution in [1.82, 2.24) is 14.8 Å². The summed E-state index contributed by atoms with van der Waals surface area (Å²) in [7, 11) is 0. The largest absolute Gasteiger partial charge is 0.274 e. The van der Waals surface area contributed by atoms with Crippen molar-refractivity contribution in [2.24, 2.45) is 0 Å². The molecule has 0 unspecified atom stereocenters. The lowest BCUT2D eigenvalue weighted by Gasteiger charge is -2.02. The van der Waals surface area contributed by atoms with Crippen molar-refractivity contribution < 1.29 is 4.79 Å². The number of fused-ring (bicyclic) bond motifs is 3. The number of rotatable bonds is 1. The fraction of sp³-hybridized carbons (Fsp3) is 0.0556. The zero-order chi connectivity index (χ0) is 16.0. The predicted octanol–water partition coefficient (Wildman–Crippen LogP) is 4.57. The van der Waals surface area contributed by atoms with Crippen LogP contribution in [0.5, 0.6) is 0 Å². The van der Waals surface area contributed by atoms with Crippen LogP contribution in [-0.4, -0.2) is 20.7 Å². The molecule has 0 fully saturated rings. The highest BCUT2D eigenvalue weighted by Crippen LogP contribution is 2.30. The number of para-hydroxylation sites is 1. The Bertz CT molecular complexity index is 1050. The van der Waals surface area contributed by atoms with E-state index in [1.54, 1.807) is 4.57 Å². The minimum absolute atomic E-state index is 0.0789. The molecule has 5 heteroatoms. The molecule has 0 bridgehead atoms. The van der Waals surface area contributed by atoms with Gasteiger partial charge in [-0.05, 0) is 24.3 Å². The molecule has 2 aromatic carbocycles. The van der Waals surface area contributed by atoms with Gasteiger partial charge in [-0.1, -0.05) is 41.9 Å². The van der Waals surface area contributed by atoms with Crippen molar-refractivity contribution in [1.29, 1.82) is 0 Å². The molecule has 4 nitrogen and oxygen atoms in total. The molecule has 23 heavy (non-hydrogen) atoms. The summed E-state index contributed by atoms with van der Waals surface area (Å²) in [6.45, 7) is 1.53. The van der Waals surface area contributed by atoms with Crippen LogP contribution in [0, 0.1) is 0 Å². The Labute approximate surface area is 137 Å². The molecule has 4 rings (SSSR count). The van der Waals surface area contributed by atoms with Crippen molar-refractivity contribution in [3.63, 3.8) is 0 Å². The third-order valence-corrected chi connectivity index (χ3v) is 4.13. The van der Waals surface area contributed by atoms with Crippen LogP contribution in [0.1, 0.15) is 11.7 Å². The van der Waals surface area contributed by atoms with Gasteiger partial charge in [0.1, 0.15) is 0 Å². The zero-order valence-corrected chi connectivity index (χ0v) is 13.1. The first-order valence-corrected chi connectivity index (χ1v) is 7.57. The Balaban J connectivity index is 2.04. The number of halogens is 1. The third kappa shape index (κ3) is 2.19. The van der Waals surface area contributed by atoms with Crippen molar-refractivity contribution >= 4 is 39.4 Å². The lowest BCUT2D eigenvalue weighted by atomic mass is 10.1. The number of benzene rings is 2. The van der Waals surface area contributed by atoms with Crippen LogP contribution in [0.2, 0.25) is 5.02 Å². The van der Waals surface area contributed by atoms with Gasteiger partial charge in [0.15, 0.2) is 5.65 Å². The molecule has 0 aliphatic rings. The maximum absolute atomic E-state index is 12.0. The lowest BCUT2D eigenvalue weighted by molar-refractivity contribution is 0.0945. The molecule has 0 amide bonds. The zero-order valence-electron chi connectivity index (χ0n) is 12.3. The molecular formula is C18H12ClN3O. The van der Waals surface area contributed by atoms with Gasteiger partial charge in [0, 0.05) is 28.3 Å². The van der Waals surface area contributed by atoms with Gasteiger partial charge in [0.25, 0.3) is 0 Å². The number of carbonyl (C=O) groups is 1. The molecule has 0 saturated heterocycles. The summed E-state index contributed by atoms with van der Waals surface area (Å²) >= 11 is 5.93. The average molecular weight is 322 g/mol. The number of carbonyl (C=O) groups excluding carboxylic acids is 1. The Morgan fingerprint density at radius 2 is 1.74 bits per heavy atom. The molecule has 0 N–H and O–H groups in total.